The third-order valence-electron chi connectivity index (χ3n) is 2.87. The Balaban J connectivity index is 2.41. The van der Waals surface area contributed by atoms with Gasteiger partial charge in [-0.25, -0.2) is 0 Å². The molecule has 126 valence electrons. The Bertz CT molecular complexity index is 663. The van der Waals surface area contributed by atoms with Crippen molar-refractivity contribution in [1.82, 2.24) is 5.32 Å². The van der Waals surface area contributed by atoms with Crippen LogP contribution >= 0.6 is 0 Å². The third-order valence-corrected chi connectivity index (χ3v) is 2.87. The largest absolute Gasteiger partial charge is 0.481 e. The van der Waals surface area contributed by atoms with E-state index in [1.807, 2.05) is 0 Å². The maximum Gasteiger partial charge on any atom is 0.306 e. The van der Waals surface area contributed by atoms with Crippen LogP contribution in [0.15, 0.2) is 29.4 Å². The number of carboxylic acid groups (broad SMARTS) is 1. The minimum atomic E-state index is -1.19. The Morgan fingerprint density at radius 2 is 1.88 bits per heavy atom. The Morgan fingerprint density at radius 1 is 1.25 bits per heavy atom. The summed E-state index contributed by atoms with van der Waals surface area (Å²) in [7, 11) is 0. The molecule has 0 aromatic heterocycles. The number of aliphatic carboxylic acids is 1. The van der Waals surface area contributed by atoms with Gasteiger partial charge in [0.15, 0.2) is 0 Å². The summed E-state index contributed by atoms with van der Waals surface area (Å²) in [6.07, 6.45) is 0.718. The molecule has 1 aromatic rings. The van der Waals surface area contributed by atoms with Crippen molar-refractivity contribution < 1.29 is 19.5 Å². The van der Waals surface area contributed by atoms with Gasteiger partial charge >= 0.3 is 5.97 Å². The zero-order chi connectivity index (χ0) is 17.9. The van der Waals surface area contributed by atoms with Gasteiger partial charge < -0.3 is 21.6 Å². The van der Waals surface area contributed by atoms with Crippen molar-refractivity contribution in [2.24, 2.45) is 10.9 Å². The van der Waals surface area contributed by atoms with E-state index in [0.717, 1.165) is 5.56 Å². The maximum absolute atomic E-state index is 11.8. The molecule has 0 saturated carbocycles. The van der Waals surface area contributed by atoms with Gasteiger partial charge in [0.05, 0.1) is 18.7 Å². The van der Waals surface area contributed by atoms with Crippen LogP contribution in [0.4, 0.5) is 5.69 Å². The topological polar surface area (TPSA) is 158 Å². The lowest BCUT2D eigenvalue weighted by Gasteiger charge is -2.09. The van der Waals surface area contributed by atoms with E-state index in [2.05, 4.69) is 15.7 Å². The smallest absolute Gasteiger partial charge is 0.306 e. The van der Waals surface area contributed by atoms with Crippen LogP contribution < -0.4 is 16.5 Å². The first kappa shape index (κ1) is 18.6. The normalized spacial score (nSPS) is 11.5. The molecule has 0 fully saturated rings. The average molecular weight is 331 g/mol. The number of nitrogens with two attached hydrogens (primary N) is 1. The molecule has 9 nitrogen and oxygen atoms in total. The molecule has 24 heavy (non-hydrogen) atoms. The molecule has 0 bridgehead atoms. The molecular weight excluding hydrogens is 314 g/mol. The van der Waals surface area contributed by atoms with Crippen LogP contribution in [0.2, 0.25) is 0 Å². The van der Waals surface area contributed by atoms with E-state index in [9.17, 15) is 14.4 Å². The Labute approximate surface area is 138 Å². The number of hydrogen-bond acceptors (Lipinski definition) is 6. The highest BCUT2D eigenvalue weighted by molar-refractivity contribution is 5.93. The molecule has 0 saturated heterocycles. The summed E-state index contributed by atoms with van der Waals surface area (Å²) in [6, 6.07) is 7.30. The van der Waals surface area contributed by atoms with Crippen molar-refractivity contribution in [1.29, 1.82) is 5.26 Å². The summed E-state index contributed by atoms with van der Waals surface area (Å²) in [5.74, 6) is 2.90. The standard InChI is InChI=1S/C15H17N5O4/c16-8-12(7-15(23)24)20-14(22)6-5-13(21)19-11-3-1-10(2-4-11)9-18-17/h1-4,9,12H,5-7,17H2,(H,19,21)(H,20,22)(H,23,24). The number of nitrogens with one attached hydrogen (secondary N) is 2. The summed E-state index contributed by atoms with van der Waals surface area (Å²) in [4.78, 5) is 33.9. The van der Waals surface area contributed by atoms with Crippen molar-refractivity contribution >= 4 is 29.7 Å². The van der Waals surface area contributed by atoms with Gasteiger partial charge in [0.1, 0.15) is 6.04 Å². The van der Waals surface area contributed by atoms with Crippen LogP contribution in [-0.4, -0.2) is 35.1 Å². The monoisotopic (exact) mass is 331 g/mol. The molecule has 9 heteroatoms. The van der Waals surface area contributed by atoms with Crippen molar-refractivity contribution in [2.45, 2.75) is 25.3 Å². The first-order valence-corrected chi connectivity index (χ1v) is 6.98. The van der Waals surface area contributed by atoms with E-state index in [4.69, 9.17) is 16.2 Å². The van der Waals surface area contributed by atoms with Crippen LogP contribution in [0.5, 0.6) is 0 Å². The van der Waals surface area contributed by atoms with Crippen molar-refractivity contribution in [2.75, 3.05) is 5.32 Å². The summed E-state index contributed by atoms with van der Waals surface area (Å²) < 4.78 is 0. The molecule has 0 heterocycles. The summed E-state index contributed by atoms with van der Waals surface area (Å²) in [5.41, 5.74) is 1.33. The number of hydrogen-bond donors (Lipinski definition) is 4. The zero-order valence-corrected chi connectivity index (χ0v) is 12.7. The number of carboxylic acids is 1. The number of hydrazone groups is 1. The Morgan fingerprint density at radius 3 is 2.42 bits per heavy atom. The lowest BCUT2D eigenvalue weighted by atomic mass is 10.2. The highest BCUT2D eigenvalue weighted by atomic mass is 16.4. The molecule has 1 atom stereocenters. The van der Waals surface area contributed by atoms with Crippen molar-refractivity contribution in [3.63, 3.8) is 0 Å². The number of carbonyl (C=O) groups excluding carboxylic acids is 2. The fourth-order valence-corrected chi connectivity index (χ4v) is 1.76. The van der Waals surface area contributed by atoms with E-state index < -0.39 is 24.3 Å². The first-order chi connectivity index (χ1) is 11.4. The van der Waals surface area contributed by atoms with Gasteiger partial charge in [-0.15, -0.1) is 0 Å². The number of nitrogens with zero attached hydrogens (tertiary/aromatic N) is 2. The van der Waals surface area contributed by atoms with E-state index in [1.54, 1.807) is 30.3 Å². The van der Waals surface area contributed by atoms with E-state index in [1.165, 1.54) is 6.21 Å². The van der Waals surface area contributed by atoms with E-state index in [0.29, 0.717) is 5.69 Å². The molecule has 1 unspecified atom stereocenters. The van der Waals surface area contributed by atoms with Crippen molar-refractivity contribution in [3.05, 3.63) is 29.8 Å². The zero-order valence-electron chi connectivity index (χ0n) is 12.7. The first-order valence-electron chi connectivity index (χ1n) is 6.98. The second-order valence-corrected chi connectivity index (χ2v) is 4.80. The molecule has 1 aromatic carbocycles. The molecule has 0 aliphatic heterocycles. The summed E-state index contributed by atoms with van der Waals surface area (Å²) >= 11 is 0. The lowest BCUT2D eigenvalue weighted by Crippen LogP contribution is -2.35. The minimum Gasteiger partial charge on any atom is -0.481 e. The van der Waals surface area contributed by atoms with Gasteiger partial charge in [-0.3, -0.25) is 14.4 Å². The van der Waals surface area contributed by atoms with Crippen LogP contribution in [-0.2, 0) is 14.4 Å². The fraction of sp³-hybridized carbons (Fsp3) is 0.267. The van der Waals surface area contributed by atoms with Crippen molar-refractivity contribution in [3.8, 4) is 6.07 Å². The molecule has 1 rings (SSSR count). The number of rotatable bonds is 8. The SMILES string of the molecule is N#CC(CC(=O)O)NC(=O)CCC(=O)Nc1ccc(C=NN)cc1. The van der Waals surface area contributed by atoms with E-state index in [-0.39, 0.29) is 18.7 Å². The highest BCUT2D eigenvalue weighted by Gasteiger charge is 2.15. The highest BCUT2D eigenvalue weighted by Crippen LogP contribution is 2.09. The van der Waals surface area contributed by atoms with Gasteiger partial charge in [-0.1, -0.05) is 12.1 Å². The van der Waals surface area contributed by atoms with Gasteiger partial charge in [0, 0.05) is 18.5 Å². The second-order valence-electron chi connectivity index (χ2n) is 4.80. The van der Waals surface area contributed by atoms with Crippen LogP contribution in [0.1, 0.15) is 24.8 Å². The Hall–Kier alpha value is -3.41. The van der Waals surface area contributed by atoms with Crippen LogP contribution in [0.25, 0.3) is 0 Å². The third kappa shape index (κ3) is 7.04. The molecule has 0 aliphatic carbocycles. The quantitative estimate of drug-likeness (QED) is 0.302. The average Bonchev–Trinajstić information content (AvgIpc) is 2.54. The number of carbonyl (C=O) groups is 3. The van der Waals surface area contributed by atoms with Gasteiger partial charge in [-0.05, 0) is 17.7 Å². The van der Waals surface area contributed by atoms with Crippen LogP contribution in [0.3, 0.4) is 0 Å². The summed E-state index contributed by atoms with van der Waals surface area (Å²) in [5, 5.41) is 25.6. The predicted molar refractivity (Wildman–Crippen MR) is 85.9 cm³/mol. The molecular formula is C15H17N5O4. The second kappa shape index (κ2) is 9.58. The molecule has 2 amide bonds. The van der Waals surface area contributed by atoms with Gasteiger partial charge in [-0.2, -0.15) is 10.4 Å². The van der Waals surface area contributed by atoms with Crippen LogP contribution in [0, 0.1) is 11.3 Å². The lowest BCUT2D eigenvalue weighted by molar-refractivity contribution is -0.137. The molecule has 0 aliphatic rings. The molecule has 0 spiro atoms. The van der Waals surface area contributed by atoms with Gasteiger partial charge in [0.2, 0.25) is 11.8 Å². The predicted octanol–water partition coefficient (Wildman–Crippen LogP) is 0.181. The van der Waals surface area contributed by atoms with E-state index >= 15 is 0 Å². The fourth-order valence-electron chi connectivity index (χ4n) is 1.76. The Kier molecular flexibility index (Phi) is 7.44. The number of nitriles is 1. The maximum atomic E-state index is 11.8. The van der Waals surface area contributed by atoms with Gasteiger partial charge in [0.25, 0.3) is 0 Å². The summed E-state index contributed by atoms with van der Waals surface area (Å²) in [6.45, 7) is 0. The number of benzene rings is 1. The molecule has 0 radical (unpaired) electrons. The minimum absolute atomic E-state index is 0.0942. The number of anilines is 1. The number of amides is 2. The molecule has 5 N–H and O–H groups in total.